The van der Waals surface area contributed by atoms with Crippen molar-refractivity contribution >= 4 is 12.0 Å². The van der Waals surface area contributed by atoms with Crippen molar-refractivity contribution in [2.45, 2.75) is 12.6 Å². The molecule has 1 aliphatic rings. The molecule has 3 N–H and O–H groups in total. The van der Waals surface area contributed by atoms with Crippen molar-refractivity contribution in [3.05, 3.63) is 29.3 Å². The number of anilines is 1. The van der Waals surface area contributed by atoms with Crippen LogP contribution in [0.4, 0.5) is 5.69 Å². The standard InChI is InChI=1S/C9H10N2O/c10-7-2-1-6-4-11-9(5-12)8(6)3-7/h1-3,5,9,11H,4,10H2. The molecule has 1 aromatic rings. The highest BCUT2D eigenvalue weighted by molar-refractivity contribution is 5.66. The number of nitrogen functional groups attached to an aromatic ring is 1. The summed E-state index contributed by atoms with van der Waals surface area (Å²) in [4.78, 5) is 10.6. The summed E-state index contributed by atoms with van der Waals surface area (Å²) in [6.07, 6.45) is 0.908. The highest BCUT2D eigenvalue weighted by Crippen LogP contribution is 2.25. The van der Waals surface area contributed by atoms with E-state index in [0.717, 1.165) is 18.4 Å². The van der Waals surface area contributed by atoms with Gasteiger partial charge in [0.1, 0.15) is 6.29 Å². The molecule has 3 nitrogen and oxygen atoms in total. The molecule has 1 atom stereocenters. The Morgan fingerprint density at radius 2 is 2.42 bits per heavy atom. The number of carbonyl (C=O) groups is 1. The Hall–Kier alpha value is -1.35. The molecule has 0 amide bonds. The maximum absolute atomic E-state index is 10.6. The van der Waals surface area contributed by atoms with Gasteiger partial charge in [-0.3, -0.25) is 5.32 Å². The summed E-state index contributed by atoms with van der Waals surface area (Å²) in [5.74, 6) is 0. The van der Waals surface area contributed by atoms with Crippen LogP contribution < -0.4 is 11.1 Å². The lowest BCUT2D eigenvalue weighted by Gasteiger charge is -2.02. The van der Waals surface area contributed by atoms with E-state index >= 15 is 0 Å². The maximum Gasteiger partial charge on any atom is 0.141 e. The topological polar surface area (TPSA) is 55.1 Å². The molecule has 62 valence electrons. The quantitative estimate of drug-likeness (QED) is 0.470. The highest BCUT2D eigenvalue weighted by atomic mass is 16.1. The molecule has 0 aromatic heterocycles. The smallest absolute Gasteiger partial charge is 0.141 e. The lowest BCUT2D eigenvalue weighted by atomic mass is 10.1. The van der Waals surface area contributed by atoms with Crippen molar-refractivity contribution in [2.24, 2.45) is 0 Å². The van der Waals surface area contributed by atoms with E-state index in [2.05, 4.69) is 5.32 Å². The number of carbonyl (C=O) groups excluding carboxylic acids is 1. The molecule has 12 heavy (non-hydrogen) atoms. The summed E-state index contributed by atoms with van der Waals surface area (Å²) in [7, 11) is 0. The van der Waals surface area contributed by atoms with E-state index in [-0.39, 0.29) is 6.04 Å². The molecule has 2 rings (SSSR count). The minimum Gasteiger partial charge on any atom is -0.399 e. The van der Waals surface area contributed by atoms with Gasteiger partial charge in [-0.2, -0.15) is 0 Å². The van der Waals surface area contributed by atoms with Gasteiger partial charge in [-0.15, -0.1) is 0 Å². The van der Waals surface area contributed by atoms with Gasteiger partial charge in [0.15, 0.2) is 0 Å². The Morgan fingerprint density at radius 1 is 1.58 bits per heavy atom. The third-order valence-electron chi connectivity index (χ3n) is 2.15. The number of hydrogen-bond donors (Lipinski definition) is 2. The van der Waals surface area contributed by atoms with Crippen LogP contribution in [0.5, 0.6) is 0 Å². The molecule has 0 spiro atoms. The van der Waals surface area contributed by atoms with Gasteiger partial charge in [0.25, 0.3) is 0 Å². The van der Waals surface area contributed by atoms with Crippen molar-refractivity contribution in [3.8, 4) is 0 Å². The number of nitrogens with two attached hydrogens (primary N) is 1. The zero-order chi connectivity index (χ0) is 8.55. The number of hydrogen-bond acceptors (Lipinski definition) is 3. The predicted molar refractivity (Wildman–Crippen MR) is 46.5 cm³/mol. The summed E-state index contributed by atoms with van der Waals surface area (Å²) in [5, 5.41) is 3.08. The van der Waals surface area contributed by atoms with Gasteiger partial charge in [-0.1, -0.05) is 6.07 Å². The van der Waals surface area contributed by atoms with Crippen LogP contribution in [0, 0.1) is 0 Å². The summed E-state index contributed by atoms with van der Waals surface area (Å²) in [6.45, 7) is 0.763. The minimum absolute atomic E-state index is 0.163. The predicted octanol–water partition coefficient (Wildman–Crippen LogP) is 0.612. The van der Waals surface area contributed by atoms with E-state index in [0.29, 0.717) is 5.69 Å². The molecular formula is C9H10N2O. The largest absolute Gasteiger partial charge is 0.399 e. The number of fused-ring (bicyclic) bond motifs is 1. The second kappa shape index (κ2) is 2.60. The SMILES string of the molecule is Nc1ccc2c(c1)C(C=O)NC2. The third-order valence-corrected chi connectivity index (χ3v) is 2.15. The van der Waals surface area contributed by atoms with Gasteiger partial charge in [-0.05, 0) is 23.3 Å². The normalized spacial score (nSPS) is 20.5. The van der Waals surface area contributed by atoms with Crippen LogP contribution in [0.2, 0.25) is 0 Å². The Kier molecular flexibility index (Phi) is 1.59. The molecule has 0 radical (unpaired) electrons. The first kappa shape index (κ1) is 7.31. The van der Waals surface area contributed by atoms with Crippen LogP contribution in [0.3, 0.4) is 0 Å². The van der Waals surface area contributed by atoms with E-state index in [1.807, 2.05) is 18.2 Å². The molecule has 0 saturated heterocycles. The van der Waals surface area contributed by atoms with Crippen molar-refractivity contribution in [3.63, 3.8) is 0 Å². The van der Waals surface area contributed by atoms with Crippen molar-refractivity contribution in [1.82, 2.24) is 5.32 Å². The van der Waals surface area contributed by atoms with Gasteiger partial charge in [0, 0.05) is 12.2 Å². The van der Waals surface area contributed by atoms with Gasteiger partial charge in [0.2, 0.25) is 0 Å². The monoisotopic (exact) mass is 162 g/mol. The summed E-state index contributed by atoms with van der Waals surface area (Å²) >= 11 is 0. The van der Waals surface area contributed by atoms with E-state index < -0.39 is 0 Å². The third kappa shape index (κ3) is 0.987. The second-order valence-corrected chi connectivity index (χ2v) is 2.95. The van der Waals surface area contributed by atoms with E-state index in [1.54, 1.807) is 0 Å². The zero-order valence-electron chi connectivity index (χ0n) is 6.58. The molecule has 1 aliphatic heterocycles. The Balaban J connectivity index is 2.49. The van der Waals surface area contributed by atoms with Crippen LogP contribution in [0.1, 0.15) is 17.2 Å². The Bertz CT molecular complexity index is 322. The molecular weight excluding hydrogens is 152 g/mol. The van der Waals surface area contributed by atoms with Crippen LogP contribution >= 0.6 is 0 Å². The number of aldehydes is 1. The number of rotatable bonds is 1. The van der Waals surface area contributed by atoms with E-state index in [1.165, 1.54) is 5.56 Å². The second-order valence-electron chi connectivity index (χ2n) is 2.95. The van der Waals surface area contributed by atoms with Crippen LogP contribution in [-0.2, 0) is 11.3 Å². The Morgan fingerprint density at radius 3 is 3.17 bits per heavy atom. The fourth-order valence-corrected chi connectivity index (χ4v) is 1.52. The fraction of sp³-hybridized carbons (Fsp3) is 0.222. The van der Waals surface area contributed by atoms with Crippen LogP contribution in [0.15, 0.2) is 18.2 Å². The number of nitrogens with one attached hydrogen (secondary N) is 1. The first-order chi connectivity index (χ1) is 5.81. The fourth-order valence-electron chi connectivity index (χ4n) is 1.52. The Labute approximate surface area is 70.6 Å². The summed E-state index contributed by atoms with van der Waals surface area (Å²) in [6, 6.07) is 5.51. The average molecular weight is 162 g/mol. The van der Waals surface area contributed by atoms with Crippen molar-refractivity contribution < 1.29 is 4.79 Å². The van der Waals surface area contributed by atoms with E-state index in [9.17, 15) is 4.79 Å². The maximum atomic E-state index is 10.6. The molecule has 1 heterocycles. The molecule has 3 heteroatoms. The molecule has 0 aliphatic carbocycles. The highest BCUT2D eigenvalue weighted by Gasteiger charge is 2.20. The van der Waals surface area contributed by atoms with Gasteiger partial charge in [-0.25, -0.2) is 0 Å². The van der Waals surface area contributed by atoms with E-state index in [4.69, 9.17) is 5.73 Å². The first-order valence-electron chi connectivity index (χ1n) is 3.88. The van der Waals surface area contributed by atoms with Crippen LogP contribution in [-0.4, -0.2) is 6.29 Å². The minimum atomic E-state index is -0.163. The van der Waals surface area contributed by atoms with Gasteiger partial charge >= 0.3 is 0 Å². The lowest BCUT2D eigenvalue weighted by Crippen LogP contribution is -2.12. The molecule has 0 bridgehead atoms. The number of benzene rings is 1. The van der Waals surface area contributed by atoms with Gasteiger partial charge < -0.3 is 10.5 Å². The molecule has 1 unspecified atom stereocenters. The molecule has 0 saturated carbocycles. The zero-order valence-corrected chi connectivity index (χ0v) is 6.58. The lowest BCUT2D eigenvalue weighted by molar-refractivity contribution is -0.109. The summed E-state index contributed by atoms with van der Waals surface area (Å²) in [5.41, 5.74) is 8.50. The molecule has 1 aromatic carbocycles. The van der Waals surface area contributed by atoms with Crippen molar-refractivity contribution in [1.29, 1.82) is 0 Å². The van der Waals surface area contributed by atoms with Crippen LogP contribution in [0.25, 0.3) is 0 Å². The van der Waals surface area contributed by atoms with Gasteiger partial charge in [0.05, 0.1) is 6.04 Å². The first-order valence-corrected chi connectivity index (χ1v) is 3.88. The van der Waals surface area contributed by atoms with Crippen molar-refractivity contribution in [2.75, 3.05) is 5.73 Å². The average Bonchev–Trinajstić information content (AvgIpc) is 2.46. The summed E-state index contributed by atoms with van der Waals surface area (Å²) < 4.78 is 0. The molecule has 0 fully saturated rings.